The van der Waals surface area contributed by atoms with Crippen molar-refractivity contribution in [3.05, 3.63) is 18.0 Å². The molecule has 28 heavy (non-hydrogen) atoms. The summed E-state index contributed by atoms with van der Waals surface area (Å²) in [6, 6.07) is 1.43. The van der Waals surface area contributed by atoms with Gasteiger partial charge in [0.2, 0.25) is 10.0 Å². The maximum atomic E-state index is 12.7. The molecule has 0 aliphatic carbocycles. The molecule has 0 saturated carbocycles. The molecule has 2 unspecified atom stereocenters. The average molecular weight is 431 g/mol. The molecule has 1 aromatic heterocycles. The molecule has 1 aromatic rings. The summed E-state index contributed by atoms with van der Waals surface area (Å²) in [5.74, 6) is 1.33. The molecule has 3 rings (SSSR count). The van der Waals surface area contributed by atoms with Gasteiger partial charge < -0.3 is 15.0 Å². The summed E-state index contributed by atoms with van der Waals surface area (Å²) in [7, 11) is -3.53. The fourth-order valence-electron chi connectivity index (χ4n) is 3.66. The van der Waals surface area contributed by atoms with Gasteiger partial charge in [0.15, 0.2) is 0 Å². The number of H-pyrrole nitrogens is 1. The fraction of sp³-hybridized carbons (Fsp3) is 0.722. The van der Waals surface area contributed by atoms with Crippen LogP contribution in [0.15, 0.2) is 17.2 Å². The van der Waals surface area contributed by atoms with Gasteiger partial charge in [-0.05, 0) is 26.3 Å². The van der Waals surface area contributed by atoms with Crippen LogP contribution >= 0.6 is 11.8 Å². The van der Waals surface area contributed by atoms with Gasteiger partial charge in [-0.25, -0.2) is 8.42 Å². The maximum Gasteiger partial charge on any atom is 0.267 e. The number of hydrogen-bond donors (Lipinski definition) is 2. The number of amides is 1. The van der Waals surface area contributed by atoms with Gasteiger partial charge in [0.25, 0.3) is 5.91 Å². The Kier molecular flexibility index (Phi) is 7.43. The molecule has 0 aromatic carbocycles. The normalized spacial score (nSPS) is 24.9. The van der Waals surface area contributed by atoms with Gasteiger partial charge in [-0.15, -0.1) is 0 Å². The van der Waals surface area contributed by atoms with Crippen LogP contribution in [0, 0.1) is 0 Å². The molecule has 3 heterocycles. The second-order valence-electron chi connectivity index (χ2n) is 7.39. The Bertz CT molecular complexity index is 751. The number of aromatic nitrogens is 1. The first-order chi connectivity index (χ1) is 13.4. The number of aromatic amines is 1. The first-order valence-electron chi connectivity index (χ1n) is 9.78. The minimum Gasteiger partial charge on any atom is -0.373 e. The van der Waals surface area contributed by atoms with E-state index in [-0.39, 0.29) is 28.7 Å². The van der Waals surface area contributed by atoms with Crippen LogP contribution in [0.1, 0.15) is 30.8 Å². The molecule has 2 aliphatic rings. The van der Waals surface area contributed by atoms with Crippen molar-refractivity contribution in [3.63, 3.8) is 0 Å². The van der Waals surface area contributed by atoms with E-state index in [4.69, 9.17) is 4.74 Å². The minimum absolute atomic E-state index is 0.154. The Morgan fingerprint density at radius 3 is 2.64 bits per heavy atom. The first kappa shape index (κ1) is 21.6. The summed E-state index contributed by atoms with van der Waals surface area (Å²) in [5.41, 5.74) is 0.276. The molecule has 1 amide bonds. The van der Waals surface area contributed by atoms with E-state index < -0.39 is 10.0 Å². The van der Waals surface area contributed by atoms with E-state index >= 15 is 0 Å². The lowest BCUT2D eigenvalue weighted by Gasteiger charge is -2.35. The van der Waals surface area contributed by atoms with Crippen LogP contribution in [-0.2, 0) is 14.8 Å². The topological polar surface area (TPSA) is 94.7 Å². The quantitative estimate of drug-likeness (QED) is 0.627. The molecule has 0 spiro atoms. The zero-order chi connectivity index (χ0) is 20.1. The van der Waals surface area contributed by atoms with Crippen LogP contribution < -0.4 is 5.32 Å². The highest BCUT2D eigenvalue weighted by molar-refractivity contribution is 7.99. The van der Waals surface area contributed by atoms with Crippen LogP contribution in [-0.4, -0.2) is 91.5 Å². The molecule has 2 N–H and O–H groups in total. The summed E-state index contributed by atoms with van der Waals surface area (Å²) in [6.45, 7) is 8.43. The molecule has 10 heteroatoms. The zero-order valence-corrected chi connectivity index (χ0v) is 18.2. The third-order valence-corrected chi connectivity index (χ3v) is 7.76. The lowest BCUT2D eigenvalue weighted by molar-refractivity contribution is -0.0680. The van der Waals surface area contributed by atoms with E-state index in [2.05, 4.69) is 29.0 Å². The number of carbonyl (C=O) groups is 1. The summed E-state index contributed by atoms with van der Waals surface area (Å²) < 4.78 is 32.5. The number of carbonyl (C=O) groups excluding carboxylic acids is 1. The molecule has 0 radical (unpaired) electrons. The average Bonchev–Trinajstić information content (AvgIpc) is 3.16. The van der Waals surface area contributed by atoms with Crippen LogP contribution in [0.3, 0.4) is 0 Å². The number of sulfonamides is 1. The monoisotopic (exact) mass is 430 g/mol. The molecule has 2 saturated heterocycles. The maximum absolute atomic E-state index is 12.7. The summed E-state index contributed by atoms with van der Waals surface area (Å²) in [5, 5.41) is 2.87. The summed E-state index contributed by atoms with van der Waals surface area (Å²) in [6.07, 6.45) is 2.71. The van der Waals surface area contributed by atoms with Gasteiger partial charge in [0, 0.05) is 57.0 Å². The molecular weight excluding hydrogens is 400 g/mol. The standard InChI is InChI=1S/C18H30N4O4S2/c1-14-12-21(13-15(2)26-14)5-3-4-19-18(23)17-10-16(11-20-17)28(24,25)22-6-8-27-9-7-22/h10-11,14-15,20H,3-9,12-13H2,1-2H3,(H,19,23). The number of nitrogens with zero attached hydrogens (tertiary/aromatic N) is 2. The second kappa shape index (κ2) is 9.62. The Balaban J connectivity index is 1.46. The van der Waals surface area contributed by atoms with Crippen LogP contribution in [0.4, 0.5) is 0 Å². The third kappa shape index (κ3) is 5.50. The van der Waals surface area contributed by atoms with Gasteiger partial charge in [-0.2, -0.15) is 16.1 Å². The lowest BCUT2D eigenvalue weighted by Crippen LogP contribution is -2.46. The van der Waals surface area contributed by atoms with Crippen molar-refractivity contribution in [2.75, 3.05) is 50.8 Å². The Labute approximate surface area is 171 Å². The number of thioether (sulfide) groups is 1. The van der Waals surface area contributed by atoms with Crippen molar-refractivity contribution in [1.82, 2.24) is 19.5 Å². The van der Waals surface area contributed by atoms with E-state index in [1.165, 1.54) is 16.6 Å². The van der Waals surface area contributed by atoms with E-state index in [0.717, 1.165) is 37.6 Å². The van der Waals surface area contributed by atoms with E-state index in [0.29, 0.717) is 19.6 Å². The number of rotatable bonds is 7. The van der Waals surface area contributed by atoms with Gasteiger partial charge in [-0.3, -0.25) is 9.69 Å². The van der Waals surface area contributed by atoms with Crippen LogP contribution in [0.2, 0.25) is 0 Å². The smallest absolute Gasteiger partial charge is 0.267 e. The largest absolute Gasteiger partial charge is 0.373 e. The van der Waals surface area contributed by atoms with E-state index in [1.807, 2.05) is 0 Å². The van der Waals surface area contributed by atoms with Crippen molar-refractivity contribution >= 4 is 27.7 Å². The van der Waals surface area contributed by atoms with Gasteiger partial charge in [-0.1, -0.05) is 0 Å². The molecule has 158 valence electrons. The molecule has 2 fully saturated rings. The van der Waals surface area contributed by atoms with Crippen molar-refractivity contribution < 1.29 is 17.9 Å². The van der Waals surface area contributed by atoms with Crippen molar-refractivity contribution in [3.8, 4) is 0 Å². The Hall–Kier alpha value is -1.07. The molecule has 2 aliphatic heterocycles. The van der Waals surface area contributed by atoms with Crippen molar-refractivity contribution in [1.29, 1.82) is 0 Å². The SMILES string of the molecule is CC1CN(CCCNC(=O)c2cc(S(=O)(=O)N3CCSCC3)c[nH]2)CC(C)O1. The van der Waals surface area contributed by atoms with Gasteiger partial charge >= 0.3 is 0 Å². The van der Waals surface area contributed by atoms with E-state index in [9.17, 15) is 13.2 Å². The highest BCUT2D eigenvalue weighted by Crippen LogP contribution is 2.20. The summed E-state index contributed by atoms with van der Waals surface area (Å²) >= 11 is 1.75. The van der Waals surface area contributed by atoms with Crippen molar-refractivity contribution in [2.45, 2.75) is 37.4 Å². The number of nitrogens with one attached hydrogen (secondary N) is 2. The van der Waals surface area contributed by atoms with Crippen LogP contribution in [0.25, 0.3) is 0 Å². The van der Waals surface area contributed by atoms with E-state index in [1.54, 1.807) is 11.8 Å². The third-order valence-electron chi connectivity index (χ3n) is 4.94. The lowest BCUT2D eigenvalue weighted by atomic mass is 10.2. The second-order valence-corrected chi connectivity index (χ2v) is 10.6. The highest BCUT2D eigenvalue weighted by Gasteiger charge is 2.28. The Morgan fingerprint density at radius 2 is 1.96 bits per heavy atom. The molecule has 8 nitrogen and oxygen atoms in total. The number of morpholine rings is 1. The zero-order valence-electron chi connectivity index (χ0n) is 16.5. The first-order valence-corrected chi connectivity index (χ1v) is 12.4. The number of hydrogen-bond acceptors (Lipinski definition) is 6. The van der Waals surface area contributed by atoms with Gasteiger partial charge in [0.1, 0.15) is 10.6 Å². The molecular formula is C18H30N4O4S2. The van der Waals surface area contributed by atoms with Gasteiger partial charge in [0.05, 0.1) is 12.2 Å². The fourth-order valence-corrected chi connectivity index (χ4v) is 6.23. The van der Waals surface area contributed by atoms with Crippen LogP contribution in [0.5, 0.6) is 0 Å². The predicted octanol–water partition coefficient (Wildman–Crippen LogP) is 0.981. The minimum atomic E-state index is -3.53. The molecule has 0 bridgehead atoms. The summed E-state index contributed by atoms with van der Waals surface area (Å²) in [4.78, 5) is 17.6. The van der Waals surface area contributed by atoms with Crippen molar-refractivity contribution in [2.24, 2.45) is 0 Å². The number of ether oxygens (including phenoxy) is 1. The predicted molar refractivity (Wildman–Crippen MR) is 110 cm³/mol. The highest BCUT2D eigenvalue weighted by atomic mass is 32.2. The Morgan fingerprint density at radius 1 is 1.29 bits per heavy atom. The molecule has 2 atom stereocenters.